The largest absolute Gasteiger partial charge is 0.379 e. The Kier molecular flexibility index (Phi) is 11.1. The molecule has 0 amide bonds. The van der Waals surface area contributed by atoms with E-state index in [4.69, 9.17) is 4.74 Å². The van der Waals surface area contributed by atoms with Crippen LogP contribution in [-0.2, 0) is 14.8 Å². The standard InChI is InChI=1S/C19H39N5O3S.HI/c1-18(2,23-28(4,25)26)14-21-17(20-3)22-15-19(8-6-5-7-9-19)16-24-10-12-27-13-11-24;/h23H,5-16H2,1-4H3,(H2,20,21,22);1H. The summed E-state index contributed by atoms with van der Waals surface area (Å²) in [7, 11) is -1.51. The van der Waals surface area contributed by atoms with Crippen LogP contribution < -0.4 is 15.4 Å². The summed E-state index contributed by atoms with van der Waals surface area (Å²) < 4.78 is 31.2. The highest BCUT2D eigenvalue weighted by Gasteiger charge is 2.34. The van der Waals surface area contributed by atoms with Crippen molar-refractivity contribution in [3.05, 3.63) is 0 Å². The molecule has 10 heteroatoms. The van der Waals surface area contributed by atoms with Gasteiger partial charge in [-0.1, -0.05) is 19.3 Å². The molecule has 0 aromatic heterocycles. The Morgan fingerprint density at radius 2 is 1.76 bits per heavy atom. The summed E-state index contributed by atoms with van der Waals surface area (Å²) in [6.07, 6.45) is 7.53. The van der Waals surface area contributed by atoms with Gasteiger partial charge in [0.15, 0.2) is 5.96 Å². The van der Waals surface area contributed by atoms with E-state index in [-0.39, 0.29) is 29.4 Å². The Bertz CT molecular complexity index is 615. The fraction of sp³-hybridized carbons (Fsp3) is 0.947. The fourth-order valence-electron chi connectivity index (χ4n) is 4.26. The molecule has 3 N–H and O–H groups in total. The molecule has 0 aromatic carbocycles. The maximum absolute atomic E-state index is 11.5. The first-order chi connectivity index (χ1) is 13.1. The Morgan fingerprint density at radius 1 is 1.14 bits per heavy atom. The van der Waals surface area contributed by atoms with Crippen molar-refractivity contribution in [2.24, 2.45) is 10.4 Å². The number of ether oxygens (including phenoxy) is 1. The van der Waals surface area contributed by atoms with E-state index in [2.05, 4.69) is 25.2 Å². The van der Waals surface area contributed by atoms with Crippen LogP contribution in [0.15, 0.2) is 4.99 Å². The van der Waals surface area contributed by atoms with Crippen molar-refractivity contribution in [1.29, 1.82) is 0 Å². The van der Waals surface area contributed by atoms with E-state index in [1.54, 1.807) is 7.05 Å². The van der Waals surface area contributed by atoms with Crippen molar-refractivity contribution in [2.45, 2.75) is 51.5 Å². The van der Waals surface area contributed by atoms with Crippen LogP contribution in [0.4, 0.5) is 0 Å². The van der Waals surface area contributed by atoms with Crippen LogP contribution in [0.25, 0.3) is 0 Å². The smallest absolute Gasteiger partial charge is 0.209 e. The molecular formula is C19H40IN5O3S. The van der Waals surface area contributed by atoms with Crippen LogP contribution in [0.1, 0.15) is 46.0 Å². The van der Waals surface area contributed by atoms with Gasteiger partial charge >= 0.3 is 0 Å². The summed E-state index contributed by atoms with van der Waals surface area (Å²) >= 11 is 0. The summed E-state index contributed by atoms with van der Waals surface area (Å²) in [4.78, 5) is 6.87. The fourth-order valence-corrected chi connectivity index (χ4v) is 5.34. The molecule has 1 heterocycles. The molecule has 1 saturated carbocycles. The Morgan fingerprint density at radius 3 is 2.31 bits per heavy atom. The third kappa shape index (κ3) is 10.1. The van der Waals surface area contributed by atoms with E-state index in [1.165, 1.54) is 38.4 Å². The first kappa shape index (κ1) is 26.9. The van der Waals surface area contributed by atoms with Crippen LogP contribution in [0.3, 0.4) is 0 Å². The summed E-state index contributed by atoms with van der Waals surface area (Å²) in [5, 5.41) is 6.78. The number of hydrogen-bond donors (Lipinski definition) is 3. The molecule has 172 valence electrons. The molecule has 2 rings (SSSR count). The Hall–Kier alpha value is -0.170. The number of guanidine groups is 1. The van der Waals surface area contributed by atoms with E-state index in [9.17, 15) is 8.42 Å². The molecule has 1 aliphatic carbocycles. The molecule has 0 aromatic rings. The van der Waals surface area contributed by atoms with Crippen molar-refractivity contribution in [2.75, 3.05) is 59.2 Å². The quantitative estimate of drug-likeness (QED) is 0.243. The van der Waals surface area contributed by atoms with Crippen LogP contribution in [0, 0.1) is 5.41 Å². The van der Waals surface area contributed by atoms with Gasteiger partial charge in [-0.3, -0.25) is 9.89 Å². The van der Waals surface area contributed by atoms with E-state index in [0.29, 0.717) is 6.54 Å². The highest BCUT2D eigenvalue weighted by atomic mass is 127. The lowest BCUT2D eigenvalue weighted by Crippen LogP contribution is -2.55. The third-order valence-corrected chi connectivity index (χ3v) is 6.51. The molecule has 2 fully saturated rings. The van der Waals surface area contributed by atoms with Gasteiger partial charge in [0.25, 0.3) is 0 Å². The van der Waals surface area contributed by atoms with Gasteiger partial charge < -0.3 is 15.4 Å². The summed E-state index contributed by atoms with van der Waals surface area (Å²) in [5.41, 5.74) is -0.338. The number of morpholine rings is 1. The number of nitrogens with zero attached hydrogens (tertiary/aromatic N) is 2. The summed E-state index contributed by atoms with van der Waals surface area (Å²) in [6.45, 7) is 9.83. The molecule has 0 atom stereocenters. The zero-order chi connectivity index (χ0) is 20.7. The monoisotopic (exact) mass is 545 g/mol. The Balaban J connectivity index is 0.00000420. The molecule has 2 aliphatic rings. The zero-order valence-corrected chi connectivity index (χ0v) is 21.6. The van der Waals surface area contributed by atoms with Gasteiger partial charge in [0.1, 0.15) is 0 Å². The molecule has 8 nitrogen and oxygen atoms in total. The number of hydrogen-bond acceptors (Lipinski definition) is 5. The second-order valence-corrected chi connectivity index (χ2v) is 10.7. The SMILES string of the molecule is CN=C(NCC1(CN2CCOCC2)CCCCC1)NCC(C)(C)NS(C)(=O)=O.I. The van der Waals surface area contributed by atoms with Gasteiger partial charge in [0.05, 0.1) is 19.5 Å². The lowest BCUT2D eigenvalue weighted by atomic mass is 9.73. The Labute approximate surface area is 194 Å². The van der Waals surface area contributed by atoms with Crippen LogP contribution in [0.5, 0.6) is 0 Å². The average molecular weight is 546 g/mol. The summed E-state index contributed by atoms with van der Waals surface area (Å²) in [6, 6.07) is 0. The normalized spacial score (nSPS) is 21.3. The lowest BCUT2D eigenvalue weighted by Gasteiger charge is -2.42. The van der Waals surface area contributed by atoms with E-state index < -0.39 is 15.6 Å². The number of aliphatic imine (C=N–C) groups is 1. The minimum absolute atomic E-state index is 0. The molecule has 0 spiro atoms. The van der Waals surface area contributed by atoms with Crippen molar-refractivity contribution >= 4 is 40.0 Å². The maximum Gasteiger partial charge on any atom is 0.209 e. The number of sulfonamides is 1. The molecule has 0 radical (unpaired) electrons. The maximum atomic E-state index is 11.5. The van der Waals surface area contributed by atoms with Gasteiger partial charge in [0.2, 0.25) is 10.0 Å². The first-order valence-electron chi connectivity index (χ1n) is 10.4. The van der Waals surface area contributed by atoms with Crippen molar-refractivity contribution in [3.8, 4) is 0 Å². The second kappa shape index (κ2) is 12.0. The van der Waals surface area contributed by atoms with E-state index in [1.807, 2.05) is 13.8 Å². The highest BCUT2D eigenvalue weighted by Crippen LogP contribution is 2.36. The zero-order valence-electron chi connectivity index (χ0n) is 18.4. The number of rotatable bonds is 8. The highest BCUT2D eigenvalue weighted by molar-refractivity contribution is 14.0. The second-order valence-electron chi connectivity index (χ2n) is 8.99. The van der Waals surface area contributed by atoms with E-state index >= 15 is 0 Å². The van der Waals surface area contributed by atoms with Crippen LogP contribution in [-0.4, -0.2) is 84.1 Å². The topological polar surface area (TPSA) is 95.1 Å². The van der Waals surface area contributed by atoms with Crippen molar-refractivity contribution in [1.82, 2.24) is 20.3 Å². The van der Waals surface area contributed by atoms with Gasteiger partial charge in [0, 0.05) is 50.7 Å². The predicted octanol–water partition coefficient (Wildman–Crippen LogP) is 1.38. The number of halogens is 1. The van der Waals surface area contributed by atoms with Gasteiger partial charge in [-0.15, -0.1) is 24.0 Å². The van der Waals surface area contributed by atoms with Crippen molar-refractivity contribution in [3.63, 3.8) is 0 Å². The van der Waals surface area contributed by atoms with Gasteiger partial charge in [-0.05, 0) is 26.7 Å². The predicted molar refractivity (Wildman–Crippen MR) is 130 cm³/mol. The van der Waals surface area contributed by atoms with Crippen LogP contribution in [0.2, 0.25) is 0 Å². The molecule has 0 bridgehead atoms. The first-order valence-corrected chi connectivity index (χ1v) is 12.3. The van der Waals surface area contributed by atoms with Crippen LogP contribution >= 0.6 is 24.0 Å². The minimum Gasteiger partial charge on any atom is -0.379 e. The average Bonchev–Trinajstić information content (AvgIpc) is 2.61. The molecule has 0 unspecified atom stereocenters. The lowest BCUT2D eigenvalue weighted by molar-refractivity contribution is 0.00820. The molecule has 1 saturated heterocycles. The summed E-state index contributed by atoms with van der Waals surface area (Å²) in [5.74, 6) is 0.718. The third-order valence-electron chi connectivity index (χ3n) is 5.59. The number of nitrogens with one attached hydrogen (secondary N) is 3. The molecular weight excluding hydrogens is 505 g/mol. The molecule has 1 aliphatic heterocycles. The van der Waals surface area contributed by atoms with Gasteiger partial charge in [-0.2, -0.15) is 0 Å². The van der Waals surface area contributed by atoms with E-state index in [0.717, 1.165) is 45.4 Å². The van der Waals surface area contributed by atoms with Crippen molar-refractivity contribution < 1.29 is 13.2 Å². The molecule has 29 heavy (non-hydrogen) atoms. The van der Waals surface area contributed by atoms with Gasteiger partial charge in [-0.25, -0.2) is 13.1 Å². The minimum atomic E-state index is -3.26.